The van der Waals surface area contributed by atoms with Crippen molar-refractivity contribution in [2.45, 2.75) is 29.5 Å². The molecule has 2 aromatic heterocycles. The van der Waals surface area contributed by atoms with Crippen LogP contribution in [0.4, 0.5) is 0 Å². The Morgan fingerprint density at radius 3 is 2.86 bits per heavy atom. The predicted octanol–water partition coefficient (Wildman–Crippen LogP) is 1.72. The SMILES string of the molecule is CS(=O)(=O)c1snnc1C1CCCN(Cc2ccncc2)C1. The van der Waals surface area contributed by atoms with Gasteiger partial charge in [0.2, 0.25) is 0 Å². The first-order valence-corrected chi connectivity index (χ1v) is 9.84. The maximum absolute atomic E-state index is 11.8. The van der Waals surface area contributed by atoms with Crippen molar-refractivity contribution < 1.29 is 8.42 Å². The van der Waals surface area contributed by atoms with Crippen LogP contribution in [0.1, 0.15) is 30.0 Å². The number of piperidine rings is 1. The van der Waals surface area contributed by atoms with Gasteiger partial charge in [-0.05, 0) is 37.1 Å². The molecule has 0 spiro atoms. The van der Waals surface area contributed by atoms with E-state index in [9.17, 15) is 8.42 Å². The topological polar surface area (TPSA) is 76.1 Å². The molecule has 0 amide bonds. The molecule has 1 fully saturated rings. The quantitative estimate of drug-likeness (QED) is 0.845. The Hall–Kier alpha value is -1.38. The Morgan fingerprint density at radius 2 is 2.14 bits per heavy atom. The van der Waals surface area contributed by atoms with Gasteiger partial charge in [-0.2, -0.15) is 0 Å². The predicted molar refractivity (Wildman–Crippen MR) is 84.5 cm³/mol. The summed E-state index contributed by atoms with van der Waals surface area (Å²) in [5.74, 6) is 0.138. The summed E-state index contributed by atoms with van der Waals surface area (Å²) < 4.78 is 27.9. The van der Waals surface area contributed by atoms with Gasteiger partial charge in [-0.25, -0.2) is 8.42 Å². The molecule has 0 radical (unpaired) electrons. The number of rotatable bonds is 4. The van der Waals surface area contributed by atoms with Gasteiger partial charge in [0.1, 0.15) is 0 Å². The summed E-state index contributed by atoms with van der Waals surface area (Å²) in [5.41, 5.74) is 1.86. The number of hydrogen-bond donors (Lipinski definition) is 0. The number of aromatic nitrogens is 3. The molecule has 1 saturated heterocycles. The second-order valence-electron chi connectivity index (χ2n) is 5.65. The average molecular weight is 338 g/mol. The van der Waals surface area contributed by atoms with Crippen LogP contribution in [-0.4, -0.2) is 47.2 Å². The zero-order chi connectivity index (χ0) is 15.6. The van der Waals surface area contributed by atoms with Crippen LogP contribution in [0, 0.1) is 0 Å². The smallest absolute Gasteiger partial charge is 0.188 e. The average Bonchev–Trinajstić information content (AvgIpc) is 2.98. The molecule has 6 nitrogen and oxygen atoms in total. The fourth-order valence-electron chi connectivity index (χ4n) is 2.86. The molecule has 2 aromatic rings. The highest BCUT2D eigenvalue weighted by molar-refractivity contribution is 7.92. The third-order valence-electron chi connectivity index (χ3n) is 3.87. The lowest BCUT2D eigenvalue weighted by molar-refractivity contribution is 0.197. The molecule has 118 valence electrons. The van der Waals surface area contributed by atoms with Crippen LogP contribution in [0.25, 0.3) is 0 Å². The third kappa shape index (κ3) is 3.50. The van der Waals surface area contributed by atoms with Gasteiger partial charge in [0.25, 0.3) is 0 Å². The van der Waals surface area contributed by atoms with Gasteiger partial charge in [-0.1, -0.05) is 4.49 Å². The lowest BCUT2D eigenvalue weighted by Gasteiger charge is -2.32. The monoisotopic (exact) mass is 338 g/mol. The van der Waals surface area contributed by atoms with Gasteiger partial charge in [0, 0.05) is 49.2 Å². The lowest BCUT2D eigenvalue weighted by atomic mass is 9.95. The summed E-state index contributed by atoms with van der Waals surface area (Å²) in [6.45, 7) is 2.69. The fourth-order valence-corrected chi connectivity index (χ4v) is 4.60. The fraction of sp³-hybridized carbons (Fsp3) is 0.500. The molecule has 22 heavy (non-hydrogen) atoms. The molecule has 8 heteroatoms. The highest BCUT2D eigenvalue weighted by atomic mass is 32.2. The Kier molecular flexibility index (Phi) is 4.51. The number of pyridine rings is 1. The zero-order valence-electron chi connectivity index (χ0n) is 12.3. The van der Waals surface area contributed by atoms with Crippen molar-refractivity contribution in [3.63, 3.8) is 0 Å². The molecule has 0 aliphatic carbocycles. The van der Waals surface area contributed by atoms with Gasteiger partial charge < -0.3 is 0 Å². The summed E-state index contributed by atoms with van der Waals surface area (Å²) in [5, 5.41) is 4.10. The van der Waals surface area contributed by atoms with Crippen molar-refractivity contribution >= 4 is 21.4 Å². The van der Waals surface area contributed by atoms with E-state index in [4.69, 9.17) is 0 Å². The van der Waals surface area contributed by atoms with E-state index >= 15 is 0 Å². The van der Waals surface area contributed by atoms with E-state index in [0.29, 0.717) is 9.90 Å². The molecule has 1 aliphatic heterocycles. The molecule has 1 atom stereocenters. The minimum atomic E-state index is -3.25. The van der Waals surface area contributed by atoms with E-state index in [0.717, 1.165) is 44.0 Å². The van der Waals surface area contributed by atoms with Crippen LogP contribution in [0.2, 0.25) is 0 Å². The van der Waals surface area contributed by atoms with E-state index < -0.39 is 9.84 Å². The summed E-state index contributed by atoms with van der Waals surface area (Å²) in [6.07, 6.45) is 6.81. The van der Waals surface area contributed by atoms with Gasteiger partial charge in [-0.3, -0.25) is 9.88 Å². The van der Waals surface area contributed by atoms with Gasteiger partial charge in [-0.15, -0.1) is 5.10 Å². The normalized spacial score (nSPS) is 20.1. The van der Waals surface area contributed by atoms with E-state index in [-0.39, 0.29) is 5.92 Å². The van der Waals surface area contributed by atoms with E-state index in [1.807, 2.05) is 12.1 Å². The molecule has 3 rings (SSSR count). The van der Waals surface area contributed by atoms with Crippen LogP contribution in [0.15, 0.2) is 28.7 Å². The van der Waals surface area contributed by atoms with Crippen molar-refractivity contribution in [2.24, 2.45) is 0 Å². The number of likely N-dealkylation sites (tertiary alicyclic amines) is 1. The van der Waals surface area contributed by atoms with Crippen molar-refractivity contribution in [3.05, 3.63) is 35.8 Å². The molecule has 1 unspecified atom stereocenters. The maximum Gasteiger partial charge on any atom is 0.188 e. The van der Waals surface area contributed by atoms with E-state index in [1.54, 1.807) is 12.4 Å². The molecule has 1 aliphatic rings. The molecule has 0 N–H and O–H groups in total. The summed E-state index contributed by atoms with van der Waals surface area (Å²) >= 11 is 0.979. The highest BCUT2D eigenvalue weighted by Gasteiger charge is 2.29. The lowest BCUT2D eigenvalue weighted by Crippen LogP contribution is -2.34. The summed E-state index contributed by atoms with van der Waals surface area (Å²) in [6, 6.07) is 4.02. The molecular weight excluding hydrogens is 320 g/mol. The first-order chi connectivity index (χ1) is 10.5. The maximum atomic E-state index is 11.8. The highest BCUT2D eigenvalue weighted by Crippen LogP contribution is 2.32. The van der Waals surface area contributed by atoms with Crippen molar-refractivity contribution in [1.29, 1.82) is 0 Å². The van der Waals surface area contributed by atoms with Crippen LogP contribution in [0.5, 0.6) is 0 Å². The second-order valence-corrected chi connectivity index (χ2v) is 8.61. The van der Waals surface area contributed by atoms with Crippen LogP contribution in [0.3, 0.4) is 0 Å². The van der Waals surface area contributed by atoms with Gasteiger partial charge >= 0.3 is 0 Å². The largest absolute Gasteiger partial charge is 0.298 e. The Labute approximate surface area is 134 Å². The second kappa shape index (κ2) is 6.39. The zero-order valence-corrected chi connectivity index (χ0v) is 14.0. The summed E-state index contributed by atoms with van der Waals surface area (Å²) in [7, 11) is -3.25. The van der Waals surface area contributed by atoms with Crippen molar-refractivity contribution in [1.82, 2.24) is 19.5 Å². The van der Waals surface area contributed by atoms with Crippen molar-refractivity contribution in [2.75, 3.05) is 19.3 Å². The minimum Gasteiger partial charge on any atom is -0.298 e. The molecular formula is C14H18N4O2S2. The number of nitrogens with zero attached hydrogens (tertiary/aromatic N) is 4. The van der Waals surface area contributed by atoms with Gasteiger partial charge in [0.15, 0.2) is 14.0 Å². The first-order valence-electron chi connectivity index (χ1n) is 7.17. The number of hydrogen-bond acceptors (Lipinski definition) is 7. The van der Waals surface area contributed by atoms with Crippen molar-refractivity contribution in [3.8, 4) is 0 Å². The Balaban J connectivity index is 1.75. The standard InChI is InChI=1S/C14H18N4O2S2/c1-22(19,20)14-13(16-17-21-14)12-3-2-8-18(10-12)9-11-4-6-15-7-5-11/h4-7,12H,2-3,8-10H2,1H3. The molecule has 0 saturated carbocycles. The molecule has 3 heterocycles. The van der Waals surface area contributed by atoms with E-state index in [2.05, 4.69) is 19.5 Å². The van der Waals surface area contributed by atoms with Crippen LogP contribution < -0.4 is 0 Å². The van der Waals surface area contributed by atoms with Gasteiger partial charge in [0.05, 0.1) is 5.69 Å². The third-order valence-corrected chi connectivity index (χ3v) is 6.42. The molecule has 0 bridgehead atoms. The molecule has 0 aromatic carbocycles. The van der Waals surface area contributed by atoms with Crippen LogP contribution >= 0.6 is 11.5 Å². The Morgan fingerprint density at radius 1 is 1.36 bits per heavy atom. The van der Waals surface area contributed by atoms with E-state index in [1.165, 1.54) is 11.8 Å². The number of sulfone groups is 1. The van der Waals surface area contributed by atoms with Crippen LogP contribution in [-0.2, 0) is 16.4 Å². The minimum absolute atomic E-state index is 0.138. The summed E-state index contributed by atoms with van der Waals surface area (Å²) in [4.78, 5) is 6.37. The Bertz CT molecular complexity index is 730. The first kappa shape index (κ1) is 15.5.